The lowest BCUT2D eigenvalue weighted by Gasteiger charge is -2.05. The fourth-order valence-electron chi connectivity index (χ4n) is 1.67. The highest BCUT2D eigenvalue weighted by Crippen LogP contribution is 2.27. The molecule has 0 N–H and O–H groups in total. The molecule has 19 heavy (non-hydrogen) atoms. The molecule has 2 aromatic carbocycles. The number of nitriles is 1. The standard InChI is InChI=1S/C15H10Cl2N2/c1-10-5-2-3-8-13(10)19-14(9-18)15-11(16)6-4-7-12(15)17/h2-8H,1H3. The van der Waals surface area contributed by atoms with Crippen molar-refractivity contribution in [3.05, 3.63) is 63.6 Å². The zero-order valence-electron chi connectivity index (χ0n) is 10.2. The van der Waals surface area contributed by atoms with E-state index in [1.54, 1.807) is 18.2 Å². The number of nitrogens with zero attached hydrogens (tertiary/aromatic N) is 2. The molecule has 0 spiro atoms. The Morgan fingerprint density at radius 2 is 1.68 bits per heavy atom. The zero-order chi connectivity index (χ0) is 13.8. The van der Waals surface area contributed by atoms with Crippen molar-refractivity contribution in [2.24, 2.45) is 4.99 Å². The second-order valence-electron chi connectivity index (χ2n) is 3.96. The van der Waals surface area contributed by atoms with Crippen LogP contribution in [0.25, 0.3) is 0 Å². The lowest BCUT2D eigenvalue weighted by atomic mass is 10.1. The fraction of sp³-hybridized carbons (Fsp3) is 0.0667. The number of hydrogen-bond acceptors (Lipinski definition) is 2. The number of benzene rings is 2. The maximum Gasteiger partial charge on any atom is 0.151 e. The molecule has 0 heterocycles. The van der Waals surface area contributed by atoms with Crippen LogP contribution in [0.15, 0.2) is 47.5 Å². The Bertz CT molecular complexity index is 665. The lowest BCUT2D eigenvalue weighted by Crippen LogP contribution is -1.99. The van der Waals surface area contributed by atoms with Crippen LogP contribution < -0.4 is 0 Å². The molecule has 4 heteroatoms. The first-order chi connectivity index (χ1) is 9.13. The van der Waals surface area contributed by atoms with Crippen molar-refractivity contribution in [2.75, 3.05) is 0 Å². The van der Waals surface area contributed by atoms with E-state index in [0.29, 0.717) is 15.6 Å². The van der Waals surface area contributed by atoms with E-state index in [1.807, 2.05) is 31.2 Å². The fourth-order valence-corrected chi connectivity index (χ4v) is 2.25. The molecule has 0 aliphatic carbocycles. The molecule has 0 aromatic heterocycles. The van der Waals surface area contributed by atoms with E-state index in [4.69, 9.17) is 23.2 Å². The highest BCUT2D eigenvalue weighted by molar-refractivity contribution is 6.41. The third kappa shape index (κ3) is 2.96. The van der Waals surface area contributed by atoms with Gasteiger partial charge in [0.25, 0.3) is 0 Å². The number of hydrogen-bond donors (Lipinski definition) is 0. The zero-order valence-corrected chi connectivity index (χ0v) is 11.7. The molecule has 2 aromatic rings. The normalized spacial score (nSPS) is 11.2. The van der Waals surface area contributed by atoms with Gasteiger partial charge in [0.1, 0.15) is 6.07 Å². The van der Waals surface area contributed by atoms with Crippen LogP contribution in [0.2, 0.25) is 10.0 Å². The Labute approximate surface area is 121 Å². The Morgan fingerprint density at radius 1 is 1.05 bits per heavy atom. The molecule has 2 rings (SSSR count). The van der Waals surface area contributed by atoms with E-state index >= 15 is 0 Å². The topological polar surface area (TPSA) is 36.1 Å². The highest BCUT2D eigenvalue weighted by atomic mass is 35.5. The van der Waals surface area contributed by atoms with E-state index in [1.165, 1.54) is 0 Å². The van der Waals surface area contributed by atoms with E-state index < -0.39 is 0 Å². The average molecular weight is 289 g/mol. The van der Waals surface area contributed by atoms with Crippen molar-refractivity contribution in [1.82, 2.24) is 0 Å². The van der Waals surface area contributed by atoms with Gasteiger partial charge < -0.3 is 0 Å². The smallest absolute Gasteiger partial charge is 0.151 e. The maximum atomic E-state index is 9.28. The summed E-state index contributed by atoms with van der Waals surface area (Å²) in [7, 11) is 0. The predicted molar refractivity (Wildman–Crippen MR) is 79.5 cm³/mol. The van der Waals surface area contributed by atoms with Crippen LogP contribution in [0.5, 0.6) is 0 Å². The van der Waals surface area contributed by atoms with Crippen LogP contribution in [0, 0.1) is 18.3 Å². The first kappa shape index (κ1) is 13.6. The second-order valence-corrected chi connectivity index (χ2v) is 4.77. The Kier molecular flexibility index (Phi) is 4.21. The van der Waals surface area contributed by atoms with Crippen LogP contribution in [-0.2, 0) is 0 Å². The van der Waals surface area contributed by atoms with Gasteiger partial charge in [-0.2, -0.15) is 5.26 Å². The van der Waals surface area contributed by atoms with Crippen LogP contribution in [-0.4, -0.2) is 5.71 Å². The summed E-state index contributed by atoms with van der Waals surface area (Å²) in [5.41, 5.74) is 2.40. The minimum absolute atomic E-state index is 0.213. The van der Waals surface area contributed by atoms with Gasteiger partial charge in [0.15, 0.2) is 5.71 Å². The Hall–Kier alpha value is -1.82. The summed E-state index contributed by atoms with van der Waals surface area (Å²) in [5, 5.41) is 10.1. The van der Waals surface area contributed by atoms with Crippen molar-refractivity contribution in [1.29, 1.82) is 5.26 Å². The summed E-state index contributed by atoms with van der Waals surface area (Å²) in [4.78, 5) is 4.36. The van der Waals surface area contributed by atoms with E-state index in [-0.39, 0.29) is 5.71 Å². The summed E-state index contributed by atoms with van der Waals surface area (Å²) in [6.45, 7) is 1.93. The average Bonchev–Trinajstić information content (AvgIpc) is 2.39. The van der Waals surface area contributed by atoms with Crippen LogP contribution in [0.3, 0.4) is 0 Å². The molecule has 0 aliphatic heterocycles. The van der Waals surface area contributed by atoms with Gasteiger partial charge >= 0.3 is 0 Å². The van der Waals surface area contributed by atoms with E-state index in [0.717, 1.165) is 11.3 Å². The largest absolute Gasteiger partial charge is 0.237 e. The maximum absolute atomic E-state index is 9.28. The summed E-state index contributed by atoms with van der Waals surface area (Å²) in [6, 6.07) is 14.7. The van der Waals surface area contributed by atoms with Crippen molar-refractivity contribution in [2.45, 2.75) is 6.92 Å². The molecule has 0 amide bonds. The van der Waals surface area contributed by atoms with Gasteiger partial charge in [0.05, 0.1) is 15.7 Å². The van der Waals surface area contributed by atoms with Crippen LogP contribution in [0.4, 0.5) is 5.69 Å². The summed E-state index contributed by atoms with van der Waals surface area (Å²) in [5.74, 6) is 0. The molecular weight excluding hydrogens is 279 g/mol. The quantitative estimate of drug-likeness (QED) is 0.721. The number of halogens is 2. The number of aryl methyl sites for hydroxylation is 1. The van der Waals surface area contributed by atoms with Gasteiger partial charge in [-0.15, -0.1) is 0 Å². The number of rotatable bonds is 2. The number of para-hydroxylation sites is 1. The monoisotopic (exact) mass is 288 g/mol. The summed E-state index contributed by atoms with van der Waals surface area (Å²) in [6.07, 6.45) is 0. The predicted octanol–water partition coefficient (Wildman–Crippen LogP) is 4.95. The molecule has 0 unspecified atom stereocenters. The molecule has 0 saturated carbocycles. The summed E-state index contributed by atoms with van der Waals surface area (Å²) >= 11 is 12.2. The molecule has 2 nitrogen and oxygen atoms in total. The molecule has 0 atom stereocenters. The molecular formula is C15H10Cl2N2. The number of aliphatic imine (C=N–C) groups is 1. The van der Waals surface area contributed by atoms with Crippen LogP contribution in [0.1, 0.15) is 11.1 Å². The molecule has 0 saturated heterocycles. The molecule has 0 fully saturated rings. The minimum atomic E-state index is 0.213. The molecule has 94 valence electrons. The first-order valence-corrected chi connectivity index (χ1v) is 6.38. The van der Waals surface area contributed by atoms with Crippen molar-refractivity contribution in [3.63, 3.8) is 0 Å². The third-order valence-corrected chi connectivity index (χ3v) is 3.28. The lowest BCUT2D eigenvalue weighted by molar-refractivity contribution is 1.39. The van der Waals surface area contributed by atoms with Gasteiger partial charge in [-0.05, 0) is 30.7 Å². The Balaban J connectivity index is 2.59. The summed E-state index contributed by atoms with van der Waals surface area (Å²) < 4.78 is 0. The molecule has 0 bridgehead atoms. The molecule has 0 aliphatic rings. The van der Waals surface area contributed by atoms with Gasteiger partial charge in [0, 0.05) is 5.56 Å². The van der Waals surface area contributed by atoms with Crippen molar-refractivity contribution in [3.8, 4) is 6.07 Å². The van der Waals surface area contributed by atoms with E-state index in [9.17, 15) is 5.26 Å². The van der Waals surface area contributed by atoms with Gasteiger partial charge in [0.2, 0.25) is 0 Å². The third-order valence-electron chi connectivity index (χ3n) is 2.65. The van der Waals surface area contributed by atoms with Crippen LogP contribution >= 0.6 is 23.2 Å². The second kappa shape index (κ2) is 5.88. The van der Waals surface area contributed by atoms with Gasteiger partial charge in [-0.3, -0.25) is 0 Å². The highest BCUT2D eigenvalue weighted by Gasteiger charge is 2.12. The van der Waals surface area contributed by atoms with Crippen molar-refractivity contribution < 1.29 is 0 Å². The minimum Gasteiger partial charge on any atom is -0.237 e. The SMILES string of the molecule is Cc1ccccc1N=C(C#N)c1c(Cl)cccc1Cl. The molecule has 0 radical (unpaired) electrons. The first-order valence-electron chi connectivity index (χ1n) is 5.62. The van der Waals surface area contributed by atoms with Gasteiger partial charge in [-0.25, -0.2) is 4.99 Å². The van der Waals surface area contributed by atoms with Gasteiger partial charge in [-0.1, -0.05) is 47.5 Å². The Morgan fingerprint density at radius 3 is 2.26 bits per heavy atom. The van der Waals surface area contributed by atoms with E-state index in [2.05, 4.69) is 11.1 Å². The van der Waals surface area contributed by atoms with Crippen molar-refractivity contribution >= 4 is 34.6 Å².